The average molecular weight is 367 g/mol. The monoisotopic (exact) mass is 367 g/mol. The van der Waals surface area contributed by atoms with Gasteiger partial charge in [0.1, 0.15) is 5.75 Å². The van der Waals surface area contributed by atoms with E-state index in [1.54, 1.807) is 18.2 Å². The summed E-state index contributed by atoms with van der Waals surface area (Å²) in [6.07, 6.45) is 9.46. The molecule has 2 heterocycles. The lowest BCUT2D eigenvalue weighted by Crippen LogP contribution is -2.25. The topological polar surface area (TPSA) is 73.6 Å². The van der Waals surface area contributed by atoms with Crippen molar-refractivity contribution in [3.05, 3.63) is 51.3 Å². The predicted octanol–water partition coefficient (Wildman–Crippen LogP) is 2.60. The number of nitrogens with zero attached hydrogens (tertiary/aromatic N) is 3. The Morgan fingerprint density at radius 2 is 2.19 bits per heavy atom. The molecule has 0 bridgehead atoms. The quantitative estimate of drug-likeness (QED) is 0.404. The van der Waals surface area contributed by atoms with E-state index >= 15 is 0 Å². The van der Waals surface area contributed by atoms with E-state index in [1.807, 2.05) is 12.1 Å². The van der Waals surface area contributed by atoms with Gasteiger partial charge >= 0.3 is 5.97 Å². The van der Waals surface area contributed by atoms with Crippen LogP contribution in [0, 0.1) is 5.92 Å². The SMILES string of the molecule is CC(=O)Oc1ccccc1-c1nc2s/c(=C\C3CC=CCC3)c(=O)n2n1. The fourth-order valence-corrected chi connectivity index (χ4v) is 4.01. The molecule has 26 heavy (non-hydrogen) atoms. The predicted molar refractivity (Wildman–Crippen MR) is 100 cm³/mol. The fraction of sp³-hybridized carbons (Fsp3) is 0.263. The van der Waals surface area contributed by atoms with Crippen LogP contribution in [0.15, 0.2) is 41.2 Å². The van der Waals surface area contributed by atoms with Gasteiger partial charge in [-0.15, -0.1) is 5.10 Å². The summed E-state index contributed by atoms with van der Waals surface area (Å²) in [5.74, 6) is 0.727. The third kappa shape index (κ3) is 3.17. The number of thiazole rings is 1. The molecule has 4 rings (SSSR count). The Labute approximate surface area is 153 Å². The highest BCUT2D eigenvalue weighted by Crippen LogP contribution is 2.28. The van der Waals surface area contributed by atoms with Gasteiger partial charge in [0.05, 0.1) is 10.1 Å². The van der Waals surface area contributed by atoms with E-state index in [0.717, 1.165) is 19.3 Å². The summed E-state index contributed by atoms with van der Waals surface area (Å²) in [5.41, 5.74) is 0.434. The smallest absolute Gasteiger partial charge is 0.308 e. The molecule has 0 radical (unpaired) electrons. The lowest BCUT2D eigenvalue weighted by atomic mass is 9.94. The molecule has 1 aromatic carbocycles. The van der Waals surface area contributed by atoms with Crippen molar-refractivity contribution in [3.8, 4) is 17.1 Å². The van der Waals surface area contributed by atoms with Crippen molar-refractivity contribution in [2.75, 3.05) is 0 Å². The molecule has 0 spiro atoms. The standard InChI is InChI=1S/C19H17N3O3S/c1-12(23)25-15-10-6-5-9-14(15)17-20-19-22(21-17)18(24)16(26-19)11-13-7-3-2-4-8-13/h2-3,5-6,9-11,13H,4,7-8H2,1H3/b16-11-. The van der Waals surface area contributed by atoms with Crippen LogP contribution in [0.5, 0.6) is 5.75 Å². The van der Waals surface area contributed by atoms with Gasteiger partial charge in [0.2, 0.25) is 4.96 Å². The molecular formula is C19H17N3O3S. The first kappa shape index (κ1) is 16.7. The molecule has 132 valence electrons. The maximum atomic E-state index is 12.6. The van der Waals surface area contributed by atoms with Crippen LogP contribution in [0.1, 0.15) is 26.2 Å². The van der Waals surface area contributed by atoms with Crippen molar-refractivity contribution >= 4 is 28.3 Å². The molecule has 0 N–H and O–H groups in total. The van der Waals surface area contributed by atoms with E-state index in [-0.39, 0.29) is 5.56 Å². The van der Waals surface area contributed by atoms with Crippen LogP contribution < -0.4 is 14.8 Å². The highest BCUT2D eigenvalue weighted by Gasteiger charge is 2.17. The molecule has 1 unspecified atom stereocenters. The first-order chi connectivity index (χ1) is 12.6. The number of carbonyl (C=O) groups excluding carboxylic acids is 1. The van der Waals surface area contributed by atoms with Gasteiger partial charge < -0.3 is 4.74 Å². The summed E-state index contributed by atoms with van der Waals surface area (Å²) in [7, 11) is 0. The minimum absolute atomic E-state index is 0.150. The molecule has 3 aromatic rings. The lowest BCUT2D eigenvalue weighted by molar-refractivity contribution is -0.131. The lowest BCUT2D eigenvalue weighted by Gasteiger charge is -2.11. The molecule has 0 aliphatic heterocycles. The number of para-hydroxylation sites is 1. The van der Waals surface area contributed by atoms with E-state index < -0.39 is 5.97 Å². The summed E-state index contributed by atoms with van der Waals surface area (Å²) in [4.78, 5) is 28.9. The number of rotatable bonds is 3. The van der Waals surface area contributed by atoms with Crippen LogP contribution in [0.3, 0.4) is 0 Å². The van der Waals surface area contributed by atoms with E-state index in [1.165, 1.54) is 22.8 Å². The molecule has 2 aromatic heterocycles. The van der Waals surface area contributed by atoms with E-state index in [2.05, 4.69) is 22.2 Å². The minimum atomic E-state index is -0.415. The summed E-state index contributed by atoms with van der Waals surface area (Å²) in [5, 5.41) is 4.34. The van der Waals surface area contributed by atoms with Crippen molar-refractivity contribution in [2.45, 2.75) is 26.2 Å². The normalized spacial score (nSPS) is 17.7. The second-order valence-electron chi connectivity index (χ2n) is 6.20. The first-order valence-electron chi connectivity index (χ1n) is 8.46. The number of aromatic nitrogens is 3. The largest absolute Gasteiger partial charge is 0.426 e. The van der Waals surface area contributed by atoms with Crippen LogP contribution in [-0.2, 0) is 4.79 Å². The zero-order valence-electron chi connectivity index (χ0n) is 14.2. The molecule has 7 heteroatoms. The summed E-state index contributed by atoms with van der Waals surface area (Å²) in [6.45, 7) is 1.34. The van der Waals surface area contributed by atoms with Gasteiger partial charge in [-0.05, 0) is 37.3 Å². The van der Waals surface area contributed by atoms with E-state index in [9.17, 15) is 9.59 Å². The van der Waals surface area contributed by atoms with Crippen LogP contribution >= 0.6 is 11.3 Å². The maximum Gasteiger partial charge on any atom is 0.308 e. The molecule has 1 aliphatic carbocycles. The number of benzene rings is 1. The summed E-state index contributed by atoms with van der Waals surface area (Å²) >= 11 is 1.34. The molecule has 0 amide bonds. The van der Waals surface area contributed by atoms with Crippen molar-refractivity contribution in [3.63, 3.8) is 0 Å². The highest BCUT2D eigenvalue weighted by molar-refractivity contribution is 7.15. The van der Waals surface area contributed by atoms with Gasteiger partial charge in [-0.1, -0.05) is 41.7 Å². The van der Waals surface area contributed by atoms with Crippen LogP contribution in [0.2, 0.25) is 0 Å². The molecule has 0 saturated carbocycles. The minimum Gasteiger partial charge on any atom is -0.426 e. The molecule has 6 nitrogen and oxygen atoms in total. The third-order valence-corrected chi connectivity index (χ3v) is 5.24. The highest BCUT2D eigenvalue weighted by atomic mass is 32.1. The Hall–Kier alpha value is -2.80. The number of ether oxygens (including phenoxy) is 1. The van der Waals surface area contributed by atoms with E-state index in [0.29, 0.717) is 32.5 Å². The maximum absolute atomic E-state index is 12.6. The van der Waals surface area contributed by atoms with Crippen molar-refractivity contribution in [1.82, 2.24) is 14.6 Å². The Morgan fingerprint density at radius 1 is 1.35 bits per heavy atom. The fourth-order valence-electron chi connectivity index (χ4n) is 3.04. The van der Waals surface area contributed by atoms with Crippen molar-refractivity contribution in [1.29, 1.82) is 0 Å². The molecule has 1 aliphatic rings. The summed E-state index contributed by atoms with van der Waals surface area (Å²) in [6, 6.07) is 7.03. The zero-order valence-corrected chi connectivity index (χ0v) is 15.0. The molecule has 1 atom stereocenters. The van der Waals surface area contributed by atoms with Gasteiger partial charge in [-0.25, -0.2) is 0 Å². The van der Waals surface area contributed by atoms with Crippen LogP contribution in [0.4, 0.5) is 0 Å². The average Bonchev–Trinajstić information content (AvgIpc) is 3.16. The number of hydrogen-bond donors (Lipinski definition) is 0. The van der Waals surface area contributed by atoms with Gasteiger partial charge in [0, 0.05) is 6.92 Å². The first-order valence-corrected chi connectivity index (χ1v) is 9.27. The number of allylic oxidation sites excluding steroid dienone is 2. The van der Waals surface area contributed by atoms with E-state index in [4.69, 9.17) is 4.74 Å². The Bertz CT molecular complexity index is 1110. The van der Waals surface area contributed by atoms with Gasteiger partial charge in [0.25, 0.3) is 5.56 Å². The molecule has 0 fully saturated rings. The van der Waals surface area contributed by atoms with Crippen LogP contribution in [-0.4, -0.2) is 20.6 Å². The van der Waals surface area contributed by atoms with Crippen molar-refractivity contribution in [2.24, 2.45) is 5.92 Å². The molecule has 0 saturated heterocycles. The number of carbonyl (C=O) groups is 1. The molecular weight excluding hydrogens is 350 g/mol. The third-order valence-electron chi connectivity index (χ3n) is 4.26. The Morgan fingerprint density at radius 3 is 2.92 bits per heavy atom. The van der Waals surface area contributed by atoms with Crippen LogP contribution in [0.25, 0.3) is 22.4 Å². The second-order valence-corrected chi connectivity index (χ2v) is 7.21. The zero-order chi connectivity index (χ0) is 18.1. The van der Waals surface area contributed by atoms with Crippen molar-refractivity contribution < 1.29 is 9.53 Å². The van der Waals surface area contributed by atoms with Gasteiger partial charge in [-0.2, -0.15) is 9.50 Å². The number of hydrogen-bond acceptors (Lipinski definition) is 6. The van der Waals surface area contributed by atoms with Gasteiger partial charge in [0.15, 0.2) is 5.82 Å². The van der Waals surface area contributed by atoms with Gasteiger partial charge in [-0.3, -0.25) is 9.59 Å². The number of esters is 1. The Kier molecular flexibility index (Phi) is 4.38. The Balaban J connectivity index is 1.74. The number of fused-ring (bicyclic) bond motifs is 1. The summed E-state index contributed by atoms with van der Waals surface area (Å²) < 4.78 is 7.22. The second kappa shape index (κ2) is 6.84.